The highest BCUT2D eigenvalue weighted by Gasteiger charge is 2.17. The van der Waals surface area contributed by atoms with Gasteiger partial charge in [-0.2, -0.15) is 0 Å². The number of pyridine rings is 1. The van der Waals surface area contributed by atoms with Gasteiger partial charge >= 0.3 is 0 Å². The summed E-state index contributed by atoms with van der Waals surface area (Å²) in [4.78, 5) is 16.8. The van der Waals surface area contributed by atoms with E-state index < -0.39 is 0 Å². The number of benzene rings is 2. The number of nitrogens with one attached hydrogen (secondary N) is 1. The minimum absolute atomic E-state index is 0.203. The number of nitrogens with zero attached hydrogens (tertiary/aromatic N) is 1. The molecule has 0 spiro atoms. The zero-order valence-corrected chi connectivity index (χ0v) is 15.3. The molecule has 1 aromatic heterocycles. The highest BCUT2D eigenvalue weighted by Crippen LogP contribution is 2.22. The zero-order chi connectivity index (χ0) is 19.2. The van der Waals surface area contributed by atoms with E-state index in [2.05, 4.69) is 10.3 Å². The Morgan fingerprint density at radius 1 is 1.07 bits per heavy atom. The van der Waals surface area contributed by atoms with E-state index >= 15 is 0 Å². The third-order valence-corrected chi connectivity index (χ3v) is 4.35. The number of rotatable bonds is 6. The highest BCUT2D eigenvalue weighted by atomic mass is 19.1. The molecule has 0 fully saturated rings. The third kappa shape index (κ3) is 4.91. The van der Waals surface area contributed by atoms with E-state index in [9.17, 15) is 9.18 Å². The Kier molecular flexibility index (Phi) is 5.81. The maximum absolute atomic E-state index is 13.2. The largest absolute Gasteiger partial charge is 0.497 e. The van der Waals surface area contributed by atoms with Crippen LogP contribution < -0.4 is 10.1 Å². The van der Waals surface area contributed by atoms with Crippen LogP contribution >= 0.6 is 0 Å². The Labute approximate surface area is 158 Å². The smallest absolute Gasteiger partial charge is 0.253 e. The molecular formula is C22H21FN2O2. The first-order valence-electron chi connectivity index (χ1n) is 8.67. The van der Waals surface area contributed by atoms with E-state index in [4.69, 9.17) is 4.74 Å². The second kappa shape index (κ2) is 8.45. The average Bonchev–Trinajstić information content (AvgIpc) is 2.69. The van der Waals surface area contributed by atoms with Crippen LogP contribution in [0.25, 0.3) is 0 Å². The Balaban J connectivity index is 1.84. The van der Waals surface area contributed by atoms with E-state index in [0.29, 0.717) is 12.0 Å². The van der Waals surface area contributed by atoms with Crippen LogP contribution in [0.1, 0.15) is 33.2 Å². The molecule has 3 rings (SSSR count). The summed E-state index contributed by atoms with van der Waals surface area (Å²) < 4.78 is 18.4. The first kappa shape index (κ1) is 18.6. The van der Waals surface area contributed by atoms with Crippen LogP contribution in [0.4, 0.5) is 4.39 Å². The fourth-order valence-corrected chi connectivity index (χ4v) is 2.79. The molecule has 0 bridgehead atoms. The fourth-order valence-electron chi connectivity index (χ4n) is 2.79. The van der Waals surface area contributed by atoms with Gasteiger partial charge in [0.1, 0.15) is 11.6 Å². The van der Waals surface area contributed by atoms with Crippen molar-refractivity contribution in [1.82, 2.24) is 10.3 Å². The van der Waals surface area contributed by atoms with Gasteiger partial charge < -0.3 is 10.1 Å². The standard InChI is InChI=1S/C22H21FN2O2/c1-15-3-6-18(14-24-15)22(26)25-21(13-16-4-9-19(23)10-5-16)17-7-11-20(27-2)12-8-17/h3-12,14,21H,13H2,1-2H3,(H,25,26). The lowest BCUT2D eigenvalue weighted by molar-refractivity contribution is 0.0936. The molecule has 0 aliphatic carbocycles. The summed E-state index contributed by atoms with van der Waals surface area (Å²) >= 11 is 0. The minimum atomic E-state index is -0.283. The van der Waals surface area contributed by atoms with Gasteiger partial charge in [0.25, 0.3) is 5.91 Å². The van der Waals surface area contributed by atoms with Crippen molar-refractivity contribution >= 4 is 5.91 Å². The van der Waals surface area contributed by atoms with Crippen LogP contribution in [0, 0.1) is 12.7 Å². The summed E-state index contributed by atoms with van der Waals surface area (Å²) in [5, 5.41) is 3.06. The number of halogens is 1. The molecule has 1 unspecified atom stereocenters. The van der Waals surface area contributed by atoms with Gasteiger partial charge in [0.05, 0.1) is 18.7 Å². The van der Waals surface area contributed by atoms with Gasteiger partial charge in [0.2, 0.25) is 0 Å². The molecule has 1 amide bonds. The van der Waals surface area contributed by atoms with E-state index in [1.165, 1.54) is 12.1 Å². The van der Waals surface area contributed by atoms with Crippen LogP contribution in [0.5, 0.6) is 5.75 Å². The van der Waals surface area contributed by atoms with E-state index in [-0.39, 0.29) is 17.8 Å². The molecule has 0 radical (unpaired) electrons. The third-order valence-electron chi connectivity index (χ3n) is 4.35. The number of aryl methyl sites for hydroxylation is 1. The van der Waals surface area contributed by atoms with Crippen molar-refractivity contribution in [1.29, 1.82) is 0 Å². The Bertz CT molecular complexity index is 891. The highest BCUT2D eigenvalue weighted by molar-refractivity contribution is 5.94. The van der Waals surface area contributed by atoms with E-state index in [1.54, 1.807) is 37.6 Å². The number of hydrogen-bond acceptors (Lipinski definition) is 3. The molecule has 2 aromatic carbocycles. The fraction of sp³-hybridized carbons (Fsp3) is 0.182. The molecule has 27 heavy (non-hydrogen) atoms. The van der Waals surface area contributed by atoms with Crippen LogP contribution in [0.3, 0.4) is 0 Å². The molecule has 0 aliphatic heterocycles. The quantitative estimate of drug-likeness (QED) is 0.711. The van der Waals surface area contributed by atoms with Gasteiger partial charge in [-0.15, -0.1) is 0 Å². The number of methoxy groups -OCH3 is 1. The zero-order valence-electron chi connectivity index (χ0n) is 15.3. The van der Waals surface area contributed by atoms with Crippen molar-refractivity contribution in [2.24, 2.45) is 0 Å². The number of amides is 1. The molecular weight excluding hydrogens is 343 g/mol. The lowest BCUT2D eigenvalue weighted by atomic mass is 9.98. The van der Waals surface area contributed by atoms with Crippen molar-refractivity contribution < 1.29 is 13.9 Å². The van der Waals surface area contributed by atoms with Gasteiger partial charge in [-0.3, -0.25) is 9.78 Å². The predicted octanol–water partition coefficient (Wildman–Crippen LogP) is 4.25. The number of hydrogen-bond donors (Lipinski definition) is 1. The second-order valence-electron chi connectivity index (χ2n) is 6.32. The van der Waals surface area contributed by atoms with Gasteiger partial charge in [0.15, 0.2) is 0 Å². The lowest BCUT2D eigenvalue weighted by Gasteiger charge is -2.20. The molecule has 0 saturated carbocycles. The number of carbonyl (C=O) groups is 1. The topological polar surface area (TPSA) is 51.2 Å². The average molecular weight is 364 g/mol. The number of aromatic nitrogens is 1. The van der Waals surface area contributed by atoms with Crippen molar-refractivity contribution in [2.45, 2.75) is 19.4 Å². The maximum Gasteiger partial charge on any atom is 0.253 e. The summed E-state index contributed by atoms with van der Waals surface area (Å²) in [6, 6.07) is 17.1. The van der Waals surface area contributed by atoms with Crippen molar-refractivity contribution in [3.8, 4) is 5.75 Å². The summed E-state index contributed by atoms with van der Waals surface area (Å²) in [7, 11) is 1.61. The van der Waals surface area contributed by atoms with Crippen LogP contribution in [0.2, 0.25) is 0 Å². The SMILES string of the molecule is COc1ccc(C(Cc2ccc(F)cc2)NC(=O)c2ccc(C)nc2)cc1. The molecule has 0 aliphatic rings. The molecule has 3 aromatic rings. The summed E-state index contributed by atoms with van der Waals surface area (Å²) in [6.45, 7) is 1.87. The normalized spacial score (nSPS) is 11.7. The Morgan fingerprint density at radius 3 is 2.37 bits per heavy atom. The van der Waals surface area contributed by atoms with Crippen LogP contribution in [0.15, 0.2) is 66.9 Å². The molecule has 138 valence electrons. The van der Waals surface area contributed by atoms with Crippen molar-refractivity contribution in [3.05, 3.63) is 95.1 Å². The lowest BCUT2D eigenvalue weighted by Crippen LogP contribution is -2.30. The summed E-state index contributed by atoms with van der Waals surface area (Å²) in [5.74, 6) is 0.258. The monoisotopic (exact) mass is 364 g/mol. The Hall–Kier alpha value is -3.21. The van der Waals surface area contributed by atoms with Crippen molar-refractivity contribution in [2.75, 3.05) is 7.11 Å². The van der Waals surface area contributed by atoms with Gasteiger partial charge in [-0.25, -0.2) is 4.39 Å². The first-order chi connectivity index (χ1) is 13.0. The van der Waals surface area contributed by atoms with Gasteiger partial charge in [-0.05, 0) is 60.9 Å². The molecule has 4 nitrogen and oxygen atoms in total. The molecule has 1 N–H and O–H groups in total. The summed E-state index contributed by atoms with van der Waals surface area (Å²) in [5.41, 5.74) is 3.22. The van der Waals surface area contributed by atoms with Gasteiger partial charge in [0, 0.05) is 11.9 Å². The van der Waals surface area contributed by atoms with Crippen LogP contribution in [-0.2, 0) is 6.42 Å². The minimum Gasteiger partial charge on any atom is -0.497 e. The Morgan fingerprint density at radius 2 is 1.78 bits per heavy atom. The molecule has 5 heteroatoms. The van der Waals surface area contributed by atoms with Crippen molar-refractivity contribution in [3.63, 3.8) is 0 Å². The number of ether oxygens (including phenoxy) is 1. The van der Waals surface area contributed by atoms with Crippen LogP contribution in [-0.4, -0.2) is 18.0 Å². The van der Waals surface area contributed by atoms with E-state index in [0.717, 1.165) is 22.6 Å². The van der Waals surface area contributed by atoms with Gasteiger partial charge in [-0.1, -0.05) is 24.3 Å². The molecule has 0 saturated heterocycles. The molecule has 1 atom stereocenters. The maximum atomic E-state index is 13.2. The number of carbonyl (C=O) groups excluding carboxylic acids is 1. The van der Waals surface area contributed by atoms with E-state index in [1.807, 2.05) is 31.2 Å². The first-order valence-corrected chi connectivity index (χ1v) is 8.67. The predicted molar refractivity (Wildman–Crippen MR) is 102 cm³/mol. The summed E-state index contributed by atoms with van der Waals surface area (Å²) in [6.07, 6.45) is 2.10. The molecule has 1 heterocycles. The second-order valence-corrected chi connectivity index (χ2v) is 6.32.